The molecular formula is C17H27N. The zero-order valence-electron chi connectivity index (χ0n) is 12.2. The van der Waals surface area contributed by atoms with Gasteiger partial charge in [0.1, 0.15) is 0 Å². The molecule has 3 unspecified atom stereocenters. The van der Waals surface area contributed by atoms with Crippen LogP contribution in [0.4, 0.5) is 0 Å². The van der Waals surface area contributed by atoms with Gasteiger partial charge in [-0.3, -0.25) is 0 Å². The Kier molecular flexibility index (Phi) is 3.82. The predicted molar refractivity (Wildman–Crippen MR) is 78.7 cm³/mol. The fraction of sp³-hybridized carbons (Fsp3) is 0.647. The quantitative estimate of drug-likeness (QED) is 0.786. The van der Waals surface area contributed by atoms with E-state index in [-0.39, 0.29) is 0 Å². The molecule has 0 aromatic heterocycles. The molecule has 0 bridgehead atoms. The normalized spacial score (nSPS) is 29.3. The number of hydrogen-bond donors (Lipinski definition) is 1. The zero-order valence-corrected chi connectivity index (χ0v) is 12.2. The van der Waals surface area contributed by atoms with E-state index in [2.05, 4.69) is 52.0 Å². The summed E-state index contributed by atoms with van der Waals surface area (Å²) in [6, 6.07) is 9.09. The molecule has 0 aliphatic heterocycles. The van der Waals surface area contributed by atoms with Crippen molar-refractivity contribution >= 4 is 0 Å². The maximum atomic E-state index is 6.39. The van der Waals surface area contributed by atoms with Crippen molar-refractivity contribution in [1.82, 2.24) is 0 Å². The van der Waals surface area contributed by atoms with Crippen LogP contribution in [-0.2, 0) is 0 Å². The first-order valence-corrected chi connectivity index (χ1v) is 7.20. The Morgan fingerprint density at radius 3 is 2.39 bits per heavy atom. The van der Waals surface area contributed by atoms with Crippen molar-refractivity contribution in [2.24, 2.45) is 17.1 Å². The topological polar surface area (TPSA) is 26.0 Å². The van der Waals surface area contributed by atoms with Crippen molar-refractivity contribution in [1.29, 1.82) is 0 Å². The van der Waals surface area contributed by atoms with E-state index >= 15 is 0 Å². The van der Waals surface area contributed by atoms with Gasteiger partial charge in [0.15, 0.2) is 0 Å². The second kappa shape index (κ2) is 5.05. The van der Waals surface area contributed by atoms with Crippen molar-refractivity contribution in [2.75, 3.05) is 0 Å². The average molecular weight is 245 g/mol. The van der Waals surface area contributed by atoms with E-state index in [1.165, 1.54) is 30.4 Å². The summed E-state index contributed by atoms with van der Waals surface area (Å²) in [5.41, 5.74) is 9.66. The molecule has 1 nitrogen and oxygen atoms in total. The maximum absolute atomic E-state index is 6.39. The molecule has 1 aliphatic carbocycles. The van der Waals surface area contributed by atoms with Crippen molar-refractivity contribution in [2.45, 2.75) is 58.9 Å². The first-order valence-electron chi connectivity index (χ1n) is 7.20. The van der Waals surface area contributed by atoms with Crippen molar-refractivity contribution in [3.8, 4) is 0 Å². The Hall–Kier alpha value is -0.820. The van der Waals surface area contributed by atoms with Crippen LogP contribution in [0.3, 0.4) is 0 Å². The van der Waals surface area contributed by atoms with Crippen LogP contribution in [0.15, 0.2) is 24.3 Å². The van der Waals surface area contributed by atoms with Gasteiger partial charge in [0, 0.05) is 6.04 Å². The third-order valence-electron chi connectivity index (χ3n) is 4.72. The molecule has 1 saturated carbocycles. The first-order chi connectivity index (χ1) is 8.39. The van der Waals surface area contributed by atoms with E-state index in [1.807, 2.05) is 0 Å². The summed E-state index contributed by atoms with van der Waals surface area (Å²) in [4.78, 5) is 0. The van der Waals surface area contributed by atoms with Crippen LogP contribution in [0.2, 0.25) is 0 Å². The van der Waals surface area contributed by atoms with E-state index < -0.39 is 0 Å². The summed E-state index contributed by atoms with van der Waals surface area (Å²) in [5, 5.41) is 0. The van der Waals surface area contributed by atoms with Crippen LogP contribution in [-0.4, -0.2) is 6.04 Å². The molecule has 1 aromatic rings. The monoisotopic (exact) mass is 245 g/mol. The van der Waals surface area contributed by atoms with Gasteiger partial charge >= 0.3 is 0 Å². The predicted octanol–water partition coefficient (Wildman–Crippen LogP) is 4.25. The van der Waals surface area contributed by atoms with Crippen LogP contribution < -0.4 is 5.73 Å². The molecule has 0 saturated heterocycles. The molecule has 1 aliphatic rings. The van der Waals surface area contributed by atoms with Gasteiger partial charge in [0.2, 0.25) is 0 Å². The molecule has 18 heavy (non-hydrogen) atoms. The Labute approximate surface area is 112 Å². The van der Waals surface area contributed by atoms with E-state index in [0.717, 1.165) is 5.92 Å². The molecule has 0 radical (unpaired) electrons. The molecule has 2 rings (SSSR count). The molecule has 1 fully saturated rings. The number of nitrogens with two attached hydrogens (primary N) is 1. The van der Waals surface area contributed by atoms with E-state index in [9.17, 15) is 0 Å². The fourth-order valence-electron chi connectivity index (χ4n) is 3.34. The summed E-state index contributed by atoms with van der Waals surface area (Å²) < 4.78 is 0. The standard InChI is InChI=1S/C17H27N/c1-12-7-5-6-8-14(12)15-11-13(17(2,3)4)9-10-16(15)18/h5-8,13,15-16H,9-11,18H2,1-4H3. The molecule has 0 amide bonds. The summed E-state index contributed by atoms with van der Waals surface area (Å²) in [6.45, 7) is 9.30. The van der Waals surface area contributed by atoms with Gasteiger partial charge in [0.25, 0.3) is 0 Å². The molecule has 0 spiro atoms. The summed E-state index contributed by atoms with van der Waals surface area (Å²) in [5.74, 6) is 1.34. The Morgan fingerprint density at radius 1 is 1.11 bits per heavy atom. The lowest BCUT2D eigenvalue weighted by Gasteiger charge is -2.41. The lowest BCUT2D eigenvalue weighted by atomic mass is 9.66. The minimum Gasteiger partial charge on any atom is -0.327 e. The van der Waals surface area contributed by atoms with Crippen molar-refractivity contribution < 1.29 is 0 Å². The van der Waals surface area contributed by atoms with Gasteiger partial charge in [-0.1, -0.05) is 45.0 Å². The summed E-state index contributed by atoms with van der Waals surface area (Å²) in [7, 11) is 0. The van der Waals surface area contributed by atoms with Crippen LogP contribution >= 0.6 is 0 Å². The van der Waals surface area contributed by atoms with E-state index in [4.69, 9.17) is 5.73 Å². The highest BCUT2D eigenvalue weighted by Crippen LogP contribution is 2.44. The number of benzene rings is 1. The molecule has 0 heterocycles. The Morgan fingerprint density at radius 2 is 1.78 bits per heavy atom. The van der Waals surface area contributed by atoms with Gasteiger partial charge in [-0.05, 0) is 54.6 Å². The van der Waals surface area contributed by atoms with Crippen molar-refractivity contribution in [3.63, 3.8) is 0 Å². The van der Waals surface area contributed by atoms with Gasteiger partial charge in [0.05, 0.1) is 0 Å². The van der Waals surface area contributed by atoms with Crippen LogP contribution in [0.1, 0.15) is 57.1 Å². The minimum absolute atomic E-state index is 0.338. The molecule has 1 heteroatoms. The summed E-state index contributed by atoms with van der Waals surface area (Å²) in [6.07, 6.45) is 3.70. The highest BCUT2D eigenvalue weighted by atomic mass is 14.7. The van der Waals surface area contributed by atoms with Crippen molar-refractivity contribution in [3.05, 3.63) is 35.4 Å². The Bertz CT molecular complexity index is 402. The SMILES string of the molecule is Cc1ccccc1C1CC(C(C)(C)C)CCC1N. The zero-order chi connectivity index (χ0) is 13.3. The molecule has 2 N–H and O–H groups in total. The van der Waals surface area contributed by atoms with Crippen LogP contribution in [0.25, 0.3) is 0 Å². The largest absolute Gasteiger partial charge is 0.327 e. The smallest absolute Gasteiger partial charge is 0.0108 e. The maximum Gasteiger partial charge on any atom is 0.0108 e. The van der Waals surface area contributed by atoms with E-state index in [1.54, 1.807) is 0 Å². The summed E-state index contributed by atoms with van der Waals surface area (Å²) >= 11 is 0. The number of hydrogen-bond acceptors (Lipinski definition) is 1. The Balaban J connectivity index is 2.23. The fourth-order valence-corrected chi connectivity index (χ4v) is 3.34. The highest BCUT2D eigenvalue weighted by Gasteiger charge is 2.35. The lowest BCUT2D eigenvalue weighted by Crippen LogP contribution is -2.38. The molecule has 100 valence electrons. The molecule has 1 aromatic carbocycles. The average Bonchev–Trinajstić information content (AvgIpc) is 2.29. The van der Waals surface area contributed by atoms with Gasteiger partial charge in [-0.15, -0.1) is 0 Å². The van der Waals surface area contributed by atoms with Crippen LogP contribution in [0.5, 0.6) is 0 Å². The third kappa shape index (κ3) is 2.77. The second-order valence-electron chi connectivity index (χ2n) is 7.00. The second-order valence-corrected chi connectivity index (χ2v) is 7.00. The van der Waals surface area contributed by atoms with Gasteiger partial charge in [-0.2, -0.15) is 0 Å². The van der Waals surface area contributed by atoms with E-state index in [0.29, 0.717) is 17.4 Å². The van der Waals surface area contributed by atoms with Crippen LogP contribution in [0, 0.1) is 18.3 Å². The third-order valence-corrected chi connectivity index (χ3v) is 4.72. The highest BCUT2D eigenvalue weighted by molar-refractivity contribution is 5.31. The minimum atomic E-state index is 0.338. The number of rotatable bonds is 1. The lowest BCUT2D eigenvalue weighted by molar-refractivity contribution is 0.153. The van der Waals surface area contributed by atoms with Gasteiger partial charge in [-0.25, -0.2) is 0 Å². The first kappa shape index (κ1) is 13.6. The molecular weight excluding hydrogens is 218 g/mol. The van der Waals surface area contributed by atoms with Gasteiger partial charge < -0.3 is 5.73 Å². The molecule has 3 atom stereocenters. The number of aryl methyl sites for hydroxylation is 1.